The molecule has 0 fully saturated rings. The summed E-state index contributed by atoms with van der Waals surface area (Å²) >= 11 is 0. The van der Waals surface area contributed by atoms with Crippen LogP contribution in [0, 0.1) is 0 Å². The first-order chi connectivity index (χ1) is 6.56. The summed E-state index contributed by atoms with van der Waals surface area (Å²) in [6, 6.07) is 0. The van der Waals surface area contributed by atoms with Gasteiger partial charge in [0.15, 0.2) is 0 Å². The van der Waals surface area contributed by atoms with Gasteiger partial charge in [0.2, 0.25) is 0 Å². The summed E-state index contributed by atoms with van der Waals surface area (Å²) in [4.78, 5) is 0. The molecule has 4 unspecified atom stereocenters. The van der Waals surface area contributed by atoms with Gasteiger partial charge < -0.3 is 4.74 Å². The van der Waals surface area contributed by atoms with Crippen molar-refractivity contribution in [2.24, 2.45) is 0 Å². The minimum absolute atomic E-state index is 0.111. The Morgan fingerprint density at radius 2 is 1.87 bits per heavy atom. The number of rotatable bonds is 6. The molecule has 0 aliphatic carbocycles. The highest BCUT2D eigenvalue weighted by atomic mass is 32.0. The molecular formula is C7H15F4OP3. The molecule has 0 bridgehead atoms. The van der Waals surface area contributed by atoms with Gasteiger partial charge in [0.05, 0.1) is 5.85 Å². The maximum absolute atomic E-state index is 12.7. The van der Waals surface area contributed by atoms with Gasteiger partial charge in [-0.1, -0.05) is 16.2 Å². The SMILES string of the molecule is CC(OC(F)(F)C(C)(F)F)PCP(C)P. The Morgan fingerprint density at radius 1 is 1.40 bits per heavy atom. The van der Waals surface area contributed by atoms with Crippen molar-refractivity contribution in [3.63, 3.8) is 0 Å². The molecule has 0 aromatic carbocycles. The Kier molecular flexibility index (Phi) is 6.44. The van der Waals surface area contributed by atoms with Gasteiger partial charge in [-0.15, -0.1) is 8.93 Å². The molecule has 4 atom stereocenters. The summed E-state index contributed by atoms with van der Waals surface area (Å²) in [5.74, 6) is -4.24. The number of ether oxygens (including phenoxy) is 1. The highest BCUT2D eigenvalue weighted by Gasteiger charge is 2.54. The molecule has 0 heterocycles. The van der Waals surface area contributed by atoms with Gasteiger partial charge in [-0.25, -0.2) is 0 Å². The number of halogens is 4. The normalized spacial score (nSPS) is 18.4. The maximum Gasteiger partial charge on any atom is 0.419 e. The topological polar surface area (TPSA) is 9.23 Å². The first-order valence-corrected chi connectivity index (χ1v) is 9.06. The van der Waals surface area contributed by atoms with Gasteiger partial charge in [0.1, 0.15) is 0 Å². The van der Waals surface area contributed by atoms with E-state index in [1.54, 1.807) is 0 Å². The predicted molar refractivity (Wildman–Crippen MR) is 61.9 cm³/mol. The van der Waals surface area contributed by atoms with Crippen LogP contribution in [0.1, 0.15) is 13.8 Å². The van der Waals surface area contributed by atoms with Crippen molar-refractivity contribution in [2.75, 3.05) is 12.6 Å². The average molecular weight is 284 g/mol. The van der Waals surface area contributed by atoms with Crippen LogP contribution in [0.25, 0.3) is 0 Å². The third-order valence-corrected chi connectivity index (χ3v) is 6.53. The summed E-state index contributed by atoms with van der Waals surface area (Å²) < 4.78 is 54.3. The van der Waals surface area contributed by atoms with E-state index in [1.165, 1.54) is 6.92 Å². The second kappa shape index (κ2) is 6.05. The zero-order valence-electron chi connectivity index (χ0n) is 8.73. The van der Waals surface area contributed by atoms with E-state index in [9.17, 15) is 17.6 Å². The number of alkyl halides is 4. The van der Waals surface area contributed by atoms with Crippen LogP contribution < -0.4 is 0 Å². The lowest BCUT2D eigenvalue weighted by Crippen LogP contribution is -2.41. The molecule has 0 saturated heterocycles. The molecule has 0 N–H and O–H groups in total. The van der Waals surface area contributed by atoms with Crippen LogP contribution in [0.15, 0.2) is 0 Å². The summed E-state index contributed by atoms with van der Waals surface area (Å²) in [6.07, 6.45) is -4.38. The minimum Gasteiger partial charge on any atom is -0.308 e. The van der Waals surface area contributed by atoms with E-state index >= 15 is 0 Å². The minimum atomic E-state index is -4.38. The van der Waals surface area contributed by atoms with Crippen LogP contribution >= 0.6 is 25.1 Å². The first-order valence-electron chi connectivity index (χ1n) is 4.19. The van der Waals surface area contributed by atoms with Crippen molar-refractivity contribution >= 4 is 25.1 Å². The molecule has 0 aromatic rings. The smallest absolute Gasteiger partial charge is 0.308 e. The van der Waals surface area contributed by atoms with Gasteiger partial charge in [-0.3, -0.25) is 0 Å². The molecule has 0 radical (unpaired) electrons. The highest BCUT2D eigenvalue weighted by molar-refractivity contribution is 8.15. The fourth-order valence-corrected chi connectivity index (χ4v) is 4.00. The van der Waals surface area contributed by atoms with E-state index in [1.807, 2.05) is 6.66 Å². The third-order valence-electron chi connectivity index (χ3n) is 1.46. The van der Waals surface area contributed by atoms with Gasteiger partial charge >= 0.3 is 12.0 Å². The van der Waals surface area contributed by atoms with Crippen LogP contribution in [0.3, 0.4) is 0 Å². The Balaban J connectivity index is 4.11. The molecular weight excluding hydrogens is 269 g/mol. The Labute approximate surface area is 92.3 Å². The van der Waals surface area contributed by atoms with Crippen molar-refractivity contribution < 1.29 is 22.3 Å². The van der Waals surface area contributed by atoms with Crippen LogP contribution in [-0.2, 0) is 4.74 Å². The third kappa shape index (κ3) is 6.31. The highest BCUT2D eigenvalue weighted by Crippen LogP contribution is 2.48. The molecule has 8 heteroatoms. The number of hydrogen-bond donors (Lipinski definition) is 0. The summed E-state index contributed by atoms with van der Waals surface area (Å²) in [5, 5.41) is 0. The quantitative estimate of drug-likeness (QED) is 0.526. The predicted octanol–water partition coefficient (Wildman–Crippen LogP) is 4.13. The molecule has 92 valence electrons. The summed E-state index contributed by atoms with van der Waals surface area (Å²) in [7, 11) is 2.41. The van der Waals surface area contributed by atoms with E-state index in [2.05, 4.69) is 13.7 Å². The van der Waals surface area contributed by atoms with Crippen molar-refractivity contribution in [2.45, 2.75) is 31.7 Å². The van der Waals surface area contributed by atoms with Crippen LogP contribution in [0.2, 0.25) is 0 Å². The molecule has 0 aromatic heterocycles. The van der Waals surface area contributed by atoms with E-state index in [0.29, 0.717) is 0 Å². The Hall–Kier alpha value is 0.970. The van der Waals surface area contributed by atoms with E-state index in [4.69, 9.17) is 0 Å². The summed E-state index contributed by atoms with van der Waals surface area (Å²) in [6.45, 7) is 3.51. The van der Waals surface area contributed by atoms with Gasteiger partial charge in [0.25, 0.3) is 0 Å². The molecule has 15 heavy (non-hydrogen) atoms. The van der Waals surface area contributed by atoms with Gasteiger partial charge in [0, 0.05) is 6.92 Å². The molecule has 0 aliphatic rings. The van der Waals surface area contributed by atoms with Crippen molar-refractivity contribution in [3.05, 3.63) is 0 Å². The van der Waals surface area contributed by atoms with E-state index < -0.39 is 17.9 Å². The molecule has 0 amide bonds. The maximum atomic E-state index is 12.7. The average Bonchev–Trinajstić information content (AvgIpc) is 1.97. The first kappa shape index (κ1) is 16.0. The van der Waals surface area contributed by atoms with E-state index in [0.717, 1.165) is 5.90 Å². The molecule has 0 spiro atoms. The lowest BCUT2D eigenvalue weighted by atomic mass is 10.4. The fourth-order valence-electron chi connectivity index (χ4n) is 0.640. The lowest BCUT2D eigenvalue weighted by Gasteiger charge is -2.26. The lowest BCUT2D eigenvalue weighted by molar-refractivity contribution is -0.344. The number of hydrogen-bond acceptors (Lipinski definition) is 1. The molecule has 0 saturated carbocycles. The van der Waals surface area contributed by atoms with E-state index in [-0.39, 0.29) is 23.1 Å². The van der Waals surface area contributed by atoms with Crippen LogP contribution in [0.5, 0.6) is 0 Å². The van der Waals surface area contributed by atoms with Crippen molar-refractivity contribution in [1.82, 2.24) is 0 Å². The van der Waals surface area contributed by atoms with Crippen LogP contribution in [-0.4, -0.2) is 30.4 Å². The zero-order valence-corrected chi connectivity index (χ0v) is 11.8. The fraction of sp³-hybridized carbons (Fsp3) is 1.00. The van der Waals surface area contributed by atoms with Crippen molar-refractivity contribution in [3.8, 4) is 0 Å². The largest absolute Gasteiger partial charge is 0.419 e. The second-order valence-corrected chi connectivity index (χ2v) is 9.93. The monoisotopic (exact) mass is 284 g/mol. The van der Waals surface area contributed by atoms with Gasteiger partial charge in [-0.05, 0) is 19.5 Å². The second-order valence-electron chi connectivity index (χ2n) is 3.28. The zero-order chi connectivity index (χ0) is 12.3. The summed E-state index contributed by atoms with van der Waals surface area (Å²) in [5.41, 5.74) is 0. The Morgan fingerprint density at radius 3 is 2.20 bits per heavy atom. The molecule has 1 nitrogen and oxygen atoms in total. The molecule has 0 rings (SSSR count). The van der Waals surface area contributed by atoms with Gasteiger partial charge in [-0.2, -0.15) is 17.6 Å². The van der Waals surface area contributed by atoms with Crippen molar-refractivity contribution in [1.29, 1.82) is 0 Å². The standard InChI is InChI=1S/C7H15F4OP3/c1-5(14-4-15(3)13)12-7(10,11)6(2,8)9/h5,14H,4,13H2,1-3H3. The molecule has 0 aliphatic heterocycles. The van der Waals surface area contributed by atoms with Crippen LogP contribution in [0.4, 0.5) is 17.6 Å². The Bertz CT molecular complexity index is 195.